The van der Waals surface area contributed by atoms with Crippen LogP contribution in [0.25, 0.3) is 33.1 Å². The van der Waals surface area contributed by atoms with Gasteiger partial charge < -0.3 is 9.47 Å². The summed E-state index contributed by atoms with van der Waals surface area (Å²) in [5.41, 5.74) is 18.7. The first-order chi connectivity index (χ1) is 34.7. The van der Waals surface area contributed by atoms with Crippen LogP contribution in [0.4, 0.5) is 11.4 Å². The molecule has 14 rings (SSSR count). The lowest BCUT2D eigenvalue weighted by Crippen LogP contribution is -2.49. The Balaban J connectivity index is 1.02. The van der Waals surface area contributed by atoms with Gasteiger partial charge >= 0.3 is 0 Å². The van der Waals surface area contributed by atoms with Crippen LogP contribution < -0.4 is 4.90 Å². The molecule has 0 saturated carbocycles. The molecule has 0 bridgehead atoms. The zero-order valence-electron chi connectivity index (χ0n) is 39.1. The topological polar surface area (TPSA) is 8.17 Å². The largest absolute Gasteiger partial charge is 0.311 e. The van der Waals surface area contributed by atoms with Crippen molar-refractivity contribution in [3.8, 4) is 5.69 Å². The Kier molecular flexibility index (Phi) is 9.46. The number of nitrogens with zero attached hydrogens (tertiary/aromatic N) is 2. The second-order valence-corrected chi connectivity index (χ2v) is 19.8. The number of anilines is 2. The van der Waals surface area contributed by atoms with E-state index in [1.165, 1.54) is 77.6 Å². The normalized spacial score (nSPS) is 22.6. The molecule has 1 heterocycles. The highest BCUT2D eigenvalue weighted by molar-refractivity contribution is 6.10. The summed E-state index contributed by atoms with van der Waals surface area (Å²) in [6.07, 6.45) is 26.8. The quantitative estimate of drug-likeness (QED) is 0.148. The summed E-state index contributed by atoms with van der Waals surface area (Å²) in [5, 5.41) is 2.47. The first-order valence-electron chi connectivity index (χ1n) is 25.2. The molecule has 8 aromatic carbocycles. The summed E-state index contributed by atoms with van der Waals surface area (Å²) in [6.45, 7) is 0. The monoisotopic (exact) mass is 896 g/mol. The first-order valence-corrected chi connectivity index (χ1v) is 25.2. The Bertz CT molecular complexity index is 3710. The van der Waals surface area contributed by atoms with Crippen molar-refractivity contribution in [3.63, 3.8) is 0 Å². The Morgan fingerprint density at radius 3 is 2.01 bits per heavy atom. The van der Waals surface area contributed by atoms with E-state index in [-0.39, 0.29) is 5.41 Å². The molecule has 5 unspecified atom stereocenters. The van der Waals surface area contributed by atoms with Crippen molar-refractivity contribution in [2.24, 2.45) is 11.8 Å². The minimum Gasteiger partial charge on any atom is -0.311 e. The van der Waals surface area contributed by atoms with E-state index in [2.05, 4.69) is 270 Å². The van der Waals surface area contributed by atoms with Crippen LogP contribution >= 0.6 is 0 Å². The SMILES string of the molecule is C1=CCC(C23c4ccccc4C(c4ccccc4)(c4cccc(N(C5=CCC(c6ccccc6)C=C5)c5ccc6c(c5)c5ccccc5n6-c5ccccc5)c4)c4cccc(c42)C2=CC=CCC23)C=C1. The molecule has 2 heteroatoms. The third kappa shape index (κ3) is 5.86. The van der Waals surface area contributed by atoms with E-state index in [0.29, 0.717) is 17.8 Å². The van der Waals surface area contributed by atoms with Crippen molar-refractivity contribution in [2.75, 3.05) is 4.90 Å². The van der Waals surface area contributed by atoms with Gasteiger partial charge in [-0.25, -0.2) is 0 Å². The van der Waals surface area contributed by atoms with Gasteiger partial charge in [-0.1, -0.05) is 206 Å². The Morgan fingerprint density at radius 1 is 0.500 bits per heavy atom. The van der Waals surface area contributed by atoms with E-state index in [1.807, 2.05) is 0 Å². The molecule has 5 atom stereocenters. The van der Waals surface area contributed by atoms with E-state index in [4.69, 9.17) is 0 Å². The van der Waals surface area contributed by atoms with Gasteiger partial charge in [0.2, 0.25) is 0 Å². The number of allylic oxidation sites excluding steroid dienone is 11. The van der Waals surface area contributed by atoms with Gasteiger partial charge in [0.25, 0.3) is 0 Å². The number of aromatic nitrogens is 1. The summed E-state index contributed by atoms with van der Waals surface area (Å²) in [4.78, 5) is 2.52. The maximum absolute atomic E-state index is 2.53. The zero-order chi connectivity index (χ0) is 46.2. The molecule has 334 valence electrons. The molecular weight excluding hydrogens is 845 g/mol. The second kappa shape index (κ2) is 16.2. The molecule has 0 amide bonds. The number of para-hydroxylation sites is 2. The van der Waals surface area contributed by atoms with Crippen LogP contribution in [0.2, 0.25) is 0 Å². The van der Waals surface area contributed by atoms with Gasteiger partial charge in [-0.3, -0.25) is 0 Å². The van der Waals surface area contributed by atoms with E-state index < -0.39 is 5.41 Å². The van der Waals surface area contributed by atoms with Crippen molar-refractivity contribution < 1.29 is 0 Å². The smallest absolute Gasteiger partial charge is 0.0708 e. The average molecular weight is 897 g/mol. The summed E-state index contributed by atoms with van der Waals surface area (Å²) in [5.74, 6) is 0.955. The third-order valence-corrected chi connectivity index (χ3v) is 16.5. The first kappa shape index (κ1) is 40.8. The van der Waals surface area contributed by atoms with Gasteiger partial charge in [-0.2, -0.15) is 0 Å². The van der Waals surface area contributed by atoms with E-state index in [9.17, 15) is 0 Å². The zero-order valence-corrected chi connectivity index (χ0v) is 39.1. The van der Waals surface area contributed by atoms with Crippen molar-refractivity contribution in [1.82, 2.24) is 4.57 Å². The predicted molar refractivity (Wildman–Crippen MR) is 291 cm³/mol. The second-order valence-electron chi connectivity index (χ2n) is 19.8. The molecule has 0 radical (unpaired) electrons. The van der Waals surface area contributed by atoms with Crippen LogP contribution in [-0.4, -0.2) is 4.57 Å². The lowest BCUT2D eigenvalue weighted by Gasteiger charge is -2.53. The number of benzene rings is 8. The van der Waals surface area contributed by atoms with Crippen molar-refractivity contribution in [2.45, 2.75) is 36.0 Å². The van der Waals surface area contributed by atoms with Crippen LogP contribution in [0.15, 0.2) is 267 Å². The summed E-state index contributed by atoms with van der Waals surface area (Å²) < 4.78 is 2.41. The van der Waals surface area contributed by atoms with Crippen LogP contribution in [0.3, 0.4) is 0 Å². The molecule has 9 aromatic rings. The van der Waals surface area contributed by atoms with Crippen LogP contribution in [0.1, 0.15) is 69.7 Å². The molecule has 0 spiro atoms. The average Bonchev–Trinajstić information content (AvgIpc) is 3.94. The summed E-state index contributed by atoms with van der Waals surface area (Å²) >= 11 is 0. The van der Waals surface area contributed by atoms with Crippen molar-refractivity contribution >= 4 is 38.8 Å². The fraction of sp³-hybridized carbons (Fsp3) is 0.118. The standard InChI is InChI=1S/C68H52N2/c1-5-21-47(22-6-1)48-39-41-53(42-40-48)69(55-43-44-65-59(46-55)57-32-14-18-38-64(57)70(65)52-28-11-4-12-29-52)54-30-19-27-51(45-54)67(49-23-7-2-8-24-49)61-35-16-17-36-62(61)68(50-25-9-3-10-26-50)60-34-15-13-31-56(60)58-33-20-37-63(67)66(58)68/h1-25,27-33,35-39,41-46,48,50,60H,26,34,40H2. The van der Waals surface area contributed by atoms with E-state index in [1.54, 1.807) is 0 Å². The van der Waals surface area contributed by atoms with Gasteiger partial charge in [-0.05, 0) is 130 Å². The summed E-state index contributed by atoms with van der Waals surface area (Å²) in [7, 11) is 0. The van der Waals surface area contributed by atoms with Crippen molar-refractivity contribution in [3.05, 3.63) is 311 Å². The fourth-order valence-electron chi connectivity index (χ4n) is 13.7. The number of hydrogen-bond acceptors (Lipinski definition) is 1. The maximum Gasteiger partial charge on any atom is 0.0708 e. The van der Waals surface area contributed by atoms with E-state index >= 15 is 0 Å². The Morgan fingerprint density at radius 2 is 1.20 bits per heavy atom. The predicted octanol–water partition coefficient (Wildman–Crippen LogP) is 16.6. The van der Waals surface area contributed by atoms with Gasteiger partial charge in [0.15, 0.2) is 0 Å². The molecule has 0 fully saturated rings. The molecule has 5 aliphatic rings. The Hall–Kier alpha value is -8.20. The lowest BCUT2D eigenvalue weighted by atomic mass is 9.48. The molecule has 0 aliphatic heterocycles. The summed E-state index contributed by atoms with van der Waals surface area (Å²) in [6, 6.07) is 75.5. The third-order valence-electron chi connectivity index (χ3n) is 16.5. The van der Waals surface area contributed by atoms with Crippen LogP contribution in [0.5, 0.6) is 0 Å². The van der Waals surface area contributed by atoms with Crippen LogP contribution in [0, 0.1) is 11.8 Å². The minimum absolute atomic E-state index is 0.233. The molecule has 5 aliphatic carbocycles. The Labute approximate surface area is 410 Å². The highest BCUT2D eigenvalue weighted by Gasteiger charge is 2.62. The molecule has 2 nitrogen and oxygen atoms in total. The van der Waals surface area contributed by atoms with Gasteiger partial charge in [-0.15, -0.1) is 0 Å². The number of hydrogen-bond donors (Lipinski definition) is 0. The molecule has 70 heavy (non-hydrogen) atoms. The van der Waals surface area contributed by atoms with Gasteiger partial charge in [0.1, 0.15) is 0 Å². The van der Waals surface area contributed by atoms with E-state index in [0.717, 1.165) is 36.3 Å². The maximum atomic E-state index is 2.53. The fourth-order valence-corrected chi connectivity index (χ4v) is 13.7. The highest BCUT2D eigenvalue weighted by Crippen LogP contribution is 2.68. The minimum atomic E-state index is -0.619. The highest BCUT2D eigenvalue weighted by atomic mass is 15.1. The van der Waals surface area contributed by atoms with Gasteiger partial charge in [0.05, 0.1) is 16.4 Å². The van der Waals surface area contributed by atoms with Crippen LogP contribution in [-0.2, 0) is 10.8 Å². The number of rotatable bonds is 8. The molecule has 0 N–H and O–H groups in total. The molecular formula is C68H52N2. The van der Waals surface area contributed by atoms with Gasteiger partial charge in [0, 0.05) is 50.8 Å². The van der Waals surface area contributed by atoms with Crippen molar-refractivity contribution in [1.29, 1.82) is 0 Å². The number of fused-ring (bicyclic) bond motifs is 8. The molecule has 0 saturated heterocycles. The lowest BCUT2D eigenvalue weighted by molar-refractivity contribution is 0.297. The molecule has 1 aromatic heterocycles.